The van der Waals surface area contributed by atoms with Gasteiger partial charge in [-0.15, -0.1) is 0 Å². The SMILES string of the molecule is CCCNCC(C)CC1CCCN(S(C)(=O)=O)C1. The summed E-state index contributed by atoms with van der Waals surface area (Å²) in [5, 5.41) is 3.43. The fraction of sp³-hybridized carbons (Fsp3) is 1.00. The number of nitrogens with zero attached hydrogens (tertiary/aromatic N) is 1. The summed E-state index contributed by atoms with van der Waals surface area (Å²) >= 11 is 0. The van der Waals surface area contributed by atoms with Crippen molar-refractivity contribution in [1.29, 1.82) is 0 Å². The van der Waals surface area contributed by atoms with E-state index in [0.717, 1.165) is 38.9 Å². The lowest BCUT2D eigenvalue weighted by Gasteiger charge is -2.32. The Morgan fingerprint density at radius 3 is 2.78 bits per heavy atom. The highest BCUT2D eigenvalue weighted by atomic mass is 32.2. The van der Waals surface area contributed by atoms with Crippen molar-refractivity contribution in [2.75, 3.05) is 32.4 Å². The van der Waals surface area contributed by atoms with E-state index in [4.69, 9.17) is 0 Å². The molecule has 1 aliphatic rings. The monoisotopic (exact) mass is 276 g/mol. The third-order valence-electron chi connectivity index (χ3n) is 3.61. The van der Waals surface area contributed by atoms with Gasteiger partial charge in [-0.05, 0) is 50.6 Å². The third-order valence-corrected chi connectivity index (χ3v) is 4.88. The van der Waals surface area contributed by atoms with E-state index in [2.05, 4.69) is 19.2 Å². The molecule has 0 aromatic carbocycles. The molecule has 1 fully saturated rings. The quantitative estimate of drug-likeness (QED) is 0.720. The van der Waals surface area contributed by atoms with Crippen LogP contribution in [0.25, 0.3) is 0 Å². The van der Waals surface area contributed by atoms with Crippen LogP contribution in [0.3, 0.4) is 0 Å². The molecule has 0 saturated carbocycles. The zero-order valence-electron chi connectivity index (χ0n) is 12.0. The van der Waals surface area contributed by atoms with Gasteiger partial charge in [0, 0.05) is 13.1 Å². The van der Waals surface area contributed by atoms with E-state index >= 15 is 0 Å². The number of hydrogen-bond acceptors (Lipinski definition) is 3. The summed E-state index contributed by atoms with van der Waals surface area (Å²) in [5.41, 5.74) is 0. The van der Waals surface area contributed by atoms with Gasteiger partial charge in [-0.1, -0.05) is 13.8 Å². The highest BCUT2D eigenvalue weighted by molar-refractivity contribution is 7.88. The Kier molecular flexibility index (Phi) is 6.60. The summed E-state index contributed by atoms with van der Waals surface area (Å²) in [5.74, 6) is 1.16. The summed E-state index contributed by atoms with van der Waals surface area (Å²) < 4.78 is 24.7. The Hall–Kier alpha value is -0.130. The van der Waals surface area contributed by atoms with Crippen molar-refractivity contribution in [2.24, 2.45) is 11.8 Å². The largest absolute Gasteiger partial charge is 0.316 e. The number of nitrogens with one attached hydrogen (secondary N) is 1. The van der Waals surface area contributed by atoms with Gasteiger partial charge >= 0.3 is 0 Å². The second-order valence-corrected chi connectivity index (χ2v) is 7.66. The van der Waals surface area contributed by atoms with Crippen molar-refractivity contribution >= 4 is 10.0 Å². The molecule has 0 spiro atoms. The van der Waals surface area contributed by atoms with E-state index in [0.29, 0.717) is 18.4 Å². The summed E-state index contributed by atoms with van der Waals surface area (Å²) in [7, 11) is -3.00. The van der Waals surface area contributed by atoms with Crippen molar-refractivity contribution in [3.63, 3.8) is 0 Å². The normalized spacial score (nSPS) is 24.1. The van der Waals surface area contributed by atoms with Crippen molar-refractivity contribution in [3.8, 4) is 0 Å². The minimum Gasteiger partial charge on any atom is -0.316 e. The van der Waals surface area contributed by atoms with Crippen molar-refractivity contribution in [1.82, 2.24) is 9.62 Å². The zero-order valence-corrected chi connectivity index (χ0v) is 12.8. The zero-order chi connectivity index (χ0) is 13.6. The molecule has 1 aliphatic heterocycles. The number of piperidine rings is 1. The van der Waals surface area contributed by atoms with Crippen molar-refractivity contribution in [2.45, 2.75) is 39.5 Å². The lowest BCUT2D eigenvalue weighted by atomic mass is 9.90. The summed E-state index contributed by atoms with van der Waals surface area (Å²) in [6.07, 6.45) is 5.79. The maximum atomic E-state index is 11.5. The van der Waals surface area contributed by atoms with Crippen molar-refractivity contribution < 1.29 is 8.42 Å². The average Bonchev–Trinajstić information content (AvgIpc) is 2.28. The van der Waals surface area contributed by atoms with Crippen LogP contribution in [-0.4, -0.2) is 45.2 Å². The van der Waals surface area contributed by atoms with Gasteiger partial charge in [0.1, 0.15) is 0 Å². The van der Waals surface area contributed by atoms with Crippen LogP contribution in [0.5, 0.6) is 0 Å². The van der Waals surface area contributed by atoms with Gasteiger partial charge in [0.05, 0.1) is 6.26 Å². The van der Waals surface area contributed by atoms with Crippen LogP contribution < -0.4 is 5.32 Å². The molecule has 0 aliphatic carbocycles. The lowest BCUT2D eigenvalue weighted by molar-refractivity contribution is 0.233. The van der Waals surface area contributed by atoms with Gasteiger partial charge in [-0.3, -0.25) is 0 Å². The van der Waals surface area contributed by atoms with E-state index in [9.17, 15) is 8.42 Å². The van der Waals surface area contributed by atoms with Gasteiger partial charge in [0.25, 0.3) is 0 Å². The molecule has 0 radical (unpaired) electrons. The molecular weight excluding hydrogens is 248 g/mol. The molecule has 0 bridgehead atoms. The second kappa shape index (κ2) is 7.46. The first-order valence-electron chi connectivity index (χ1n) is 7.09. The molecule has 1 N–H and O–H groups in total. The number of sulfonamides is 1. The first kappa shape index (κ1) is 15.9. The van der Waals surface area contributed by atoms with E-state index in [1.807, 2.05) is 0 Å². The van der Waals surface area contributed by atoms with Crippen LogP contribution in [0, 0.1) is 11.8 Å². The third kappa shape index (κ3) is 5.67. The summed E-state index contributed by atoms with van der Waals surface area (Å²) in [6, 6.07) is 0. The Balaban J connectivity index is 2.33. The van der Waals surface area contributed by atoms with E-state index in [1.165, 1.54) is 12.7 Å². The van der Waals surface area contributed by atoms with Crippen LogP contribution in [-0.2, 0) is 10.0 Å². The number of rotatable bonds is 7. The lowest BCUT2D eigenvalue weighted by Crippen LogP contribution is -2.40. The maximum Gasteiger partial charge on any atom is 0.211 e. The topological polar surface area (TPSA) is 49.4 Å². The van der Waals surface area contributed by atoms with Gasteiger partial charge in [-0.25, -0.2) is 12.7 Å². The highest BCUT2D eigenvalue weighted by Crippen LogP contribution is 2.24. The molecule has 0 aromatic rings. The molecule has 2 unspecified atom stereocenters. The molecule has 2 atom stereocenters. The van der Waals surface area contributed by atoms with Gasteiger partial charge in [0.15, 0.2) is 0 Å². The molecule has 18 heavy (non-hydrogen) atoms. The molecule has 5 heteroatoms. The Morgan fingerprint density at radius 1 is 1.44 bits per heavy atom. The first-order chi connectivity index (χ1) is 8.43. The minimum atomic E-state index is -3.00. The Bertz CT molecular complexity index is 330. The predicted octanol–water partition coefficient (Wildman–Crippen LogP) is 1.68. The standard InChI is InChI=1S/C13H28N2O2S/c1-4-7-14-10-12(2)9-13-6-5-8-15(11-13)18(3,16)17/h12-14H,4-11H2,1-3H3. The average molecular weight is 276 g/mol. The Morgan fingerprint density at radius 2 is 2.17 bits per heavy atom. The van der Waals surface area contributed by atoms with Gasteiger partial charge < -0.3 is 5.32 Å². The fourth-order valence-electron chi connectivity index (χ4n) is 2.70. The smallest absolute Gasteiger partial charge is 0.211 e. The van der Waals surface area contributed by atoms with Crippen LogP contribution in [0.1, 0.15) is 39.5 Å². The van der Waals surface area contributed by atoms with Crippen LogP contribution >= 0.6 is 0 Å². The highest BCUT2D eigenvalue weighted by Gasteiger charge is 2.26. The molecule has 4 nitrogen and oxygen atoms in total. The first-order valence-corrected chi connectivity index (χ1v) is 8.94. The maximum absolute atomic E-state index is 11.5. The summed E-state index contributed by atoms with van der Waals surface area (Å²) in [6.45, 7) is 7.97. The summed E-state index contributed by atoms with van der Waals surface area (Å²) in [4.78, 5) is 0. The van der Waals surface area contributed by atoms with Crippen LogP contribution in [0.15, 0.2) is 0 Å². The van der Waals surface area contributed by atoms with E-state index < -0.39 is 10.0 Å². The molecule has 1 saturated heterocycles. The number of hydrogen-bond donors (Lipinski definition) is 1. The van der Waals surface area contributed by atoms with Gasteiger partial charge in [-0.2, -0.15) is 0 Å². The van der Waals surface area contributed by atoms with Gasteiger partial charge in [0.2, 0.25) is 10.0 Å². The minimum absolute atomic E-state index is 0.534. The molecule has 0 amide bonds. The molecular formula is C13H28N2O2S. The molecule has 108 valence electrons. The Labute approximate surface area is 112 Å². The van der Waals surface area contributed by atoms with Crippen LogP contribution in [0.2, 0.25) is 0 Å². The molecule has 1 heterocycles. The molecule has 1 rings (SSSR count). The van der Waals surface area contributed by atoms with E-state index in [-0.39, 0.29) is 0 Å². The molecule has 0 aromatic heterocycles. The van der Waals surface area contributed by atoms with Crippen LogP contribution in [0.4, 0.5) is 0 Å². The van der Waals surface area contributed by atoms with Crippen molar-refractivity contribution in [3.05, 3.63) is 0 Å². The second-order valence-electron chi connectivity index (χ2n) is 5.67. The predicted molar refractivity (Wildman–Crippen MR) is 76.1 cm³/mol. The fourth-order valence-corrected chi connectivity index (χ4v) is 3.64. The van der Waals surface area contributed by atoms with E-state index in [1.54, 1.807) is 4.31 Å².